The van der Waals surface area contributed by atoms with Crippen molar-refractivity contribution in [2.24, 2.45) is 0 Å². The molecule has 1 aromatic carbocycles. The first-order chi connectivity index (χ1) is 11.6. The maximum atomic E-state index is 9.19. The molecule has 0 unspecified atom stereocenters. The molecule has 24 heavy (non-hydrogen) atoms. The zero-order valence-corrected chi connectivity index (χ0v) is 15.5. The van der Waals surface area contributed by atoms with E-state index < -0.39 is 0 Å². The Morgan fingerprint density at radius 3 is 2.67 bits per heavy atom. The van der Waals surface area contributed by atoms with E-state index in [9.17, 15) is 5.26 Å². The lowest BCUT2D eigenvalue weighted by molar-refractivity contribution is 0.787. The smallest absolute Gasteiger partial charge is 0.113 e. The van der Waals surface area contributed by atoms with E-state index in [4.69, 9.17) is 0 Å². The number of nitrogens with zero attached hydrogens (tertiary/aromatic N) is 2. The molecule has 0 radical (unpaired) electrons. The summed E-state index contributed by atoms with van der Waals surface area (Å²) in [6.45, 7) is 10.2. The van der Waals surface area contributed by atoms with E-state index in [0.717, 1.165) is 33.0 Å². The molecule has 6 heteroatoms. The number of rotatable bonds is 4. The van der Waals surface area contributed by atoms with E-state index in [-0.39, 0.29) is 0 Å². The average Bonchev–Trinajstić information content (AvgIpc) is 3.23. The average molecular weight is 341 g/mol. The number of hydrogen-bond donors (Lipinski definition) is 3. The topological polar surface area (TPSA) is 80.3 Å². The van der Waals surface area contributed by atoms with Gasteiger partial charge in [-0.1, -0.05) is 33.8 Å². The fourth-order valence-corrected chi connectivity index (χ4v) is 3.02. The zero-order valence-electron chi connectivity index (χ0n) is 14.7. The number of anilines is 1. The molecule has 0 atom stereocenters. The second-order valence-electron chi connectivity index (χ2n) is 5.49. The Bertz CT molecular complexity index is 854. The summed E-state index contributed by atoms with van der Waals surface area (Å²) < 4.78 is 3.33. The van der Waals surface area contributed by atoms with Gasteiger partial charge in [-0.3, -0.25) is 0 Å². The van der Waals surface area contributed by atoms with Gasteiger partial charge in [0.25, 0.3) is 0 Å². The van der Waals surface area contributed by atoms with Crippen LogP contribution in [0.5, 0.6) is 0 Å². The van der Waals surface area contributed by atoms with Crippen LogP contribution in [-0.4, -0.2) is 15.0 Å². The quantitative estimate of drug-likeness (QED) is 0.560. The number of fused-ring (bicyclic) bond motifs is 1. The number of H-pyrrole nitrogens is 2. The Labute approximate surface area is 147 Å². The van der Waals surface area contributed by atoms with Crippen LogP contribution in [0.25, 0.3) is 10.9 Å². The molecule has 0 amide bonds. The Kier molecular flexibility index (Phi) is 5.93. The van der Waals surface area contributed by atoms with Crippen molar-refractivity contribution in [2.45, 2.75) is 45.6 Å². The van der Waals surface area contributed by atoms with E-state index in [1.54, 1.807) is 6.20 Å². The van der Waals surface area contributed by atoms with E-state index in [2.05, 4.69) is 39.6 Å². The van der Waals surface area contributed by atoms with Gasteiger partial charge < -0.3 is 14.7 Å². The van der Waals surface area contributed by atoms with Crippen LogP contribution >= 0.6 is 11.9 Å². The number of hydrogen-bond acceptors (Lipinski definition) is 4. The van der Waals surface area contributed by atoms with Gasteiger partial charge in [0.2, 0.25) is 0 Å². The van der Waals surface area contributed by atoms with Gasteiger partial charge in [-0.05, 0) is 18.6 Å². The lowest BCUT2D eigenvalue weighted by atomic mass is 10.1. The maximum absolute atomic E-state index is 9.19. The summed E-state index contributed by atoms with van der Waals surface area (Å²) >= 11 is 1.48. The molecule has 3 rings (SSSR count). The van der Waals surface area contributed by atoms with E-state index in [1.165, 1.54) is 11.9 Å². The second-order valence-corrected chi connectivity index (χ2v) is 6.33. The van der Waals surface area contributed by atoms with Crippen LogP contribution in [0.15, 0.2) is 29.6 Å². The molecule has 3 aromatic rings. The SMILES string of the molecule is CC.Cc1ccc(NSc2cnc(C(C)C)[nH]2)c2[nH]cc(C#N)c12. The summed E-state index contributed by atoms with van der Waals surface area (Å²) in [6, 6.07) is 6.26. The molecule has 5 nitrogen and oxygen atoms in total. The highest BCUT2D eigenvalue weighted by Gasteiger charge is 2.11. The van der Waals surface area contributed by atoms with Crippen LogP contribution in [0.1, 0.15) is 50.6 Å². The maximum Gasteiger partial charge on any atom is 0.113 e. The molecule has 0 spiro atoms. The van der Waals surface area contributed by atoms with E-state index in [1.807, 2.05) is 39.1 Å². The van der Waals surface area contributed by atoms with Crippen molar-refractivity contribution in [3.8, 4) is 6.07 Å². The molecular weight excluding hydrogens is 318 g/mol. The highest BCUT2D eigenvalue weighted by atomic mass is 32.2. The summed E-state index contributed by atoms with van der Waals surface area (Å²) in [5.74, 6) is 1.35. The Morgan fingerprint density at radius 2 is 2.04 bits per heavy atom. The van der Waals surface area contributed by atoms with Gasteiger partial charge in [-0.2, -0.15) is 5.26 Å². The van der Waals surface area contributed by atoms with Crippen LogP contribution in [0.4, 0.5) is 5.69 Å². The van der Waals surface area contributed by atoms with Crippen LogP contribution in [0.3, 0.4) is 0 Å². The number of imidazole rings is 1. The molecule has 0 aliphatic heterocycles. The number of nitrogens with one attached hydrogen (secondary N) is 3. The molecule has 3 N–H and O–H groups in total. The third-order valence-corrected chi connectivity index (χ3v) is 4.30. The minimum Gasteiger partial charge on any atom is -0.358 e. The first kappa shape index (κ1) is 18.0. The van der Waals surface area contributed by atoms with Crippen LogP contribution in [-0.2, 0) is 0 Å². The first-order valence-electron chi connectivity index (χ1n) is 8.08. The Morgan fingerprint density at radius 1 is 1.29 bits per heavy atom. The third kappa shape index (κ3) is 3.57. The van der Waals surface area contributed by atoms with E-state index >= 15 is 0 Å². The molecule has 0 aliphatic rings. The Balaban J connectivity index is 0.00000100. The zero-order chi connectivity index (χ0) is 17.7. The van der Waals surface area contributed by atoms with Crippen molar-refractivity contribution in [3.05, 3.63) is 41.5 Å². The van der Waals surface area contributed by atoms with E-state index in [0.29, 0.717) is 11.5 Å². The van der Waals surface area contributed by atoms with Crippen molar-refractivity contribution in [2.75, 3.05) is 4.72 Å². The van der Waals surface area contributed by atoms with Gasteiger partial charge in [0.1, 0.15) is 16.9 Å². The standard InChI is InChI=1S/C16H17N5S.C2H6/c1-9(2)16-19-8-13(20-16)22-21-12-5-4-10(3)14-11(6-17)7-18-15(12)14;1-2/h4-5,7-9,18,21H,1-3H3,(H,19,20);1-2H3. The number of aromatic nitrogens is 3. The van der Waals surface area contributed by atoms with Crippen LogP contribution in [0, 0.1) is 18.3 Å². The predicted octanol–water partition coefficient (Wildman–Crippen LogP) is 5.34. The lowest BCUT2D eigenvalue weighted by Gasteiger charge is -2.07. The highest BCUT2D eigenvalue weighted by molar-refractivity contribution is 8.00. The monoisotopic (exact) mass is 341 g/mol. The number of nitriles is 1. The van der Waals surface area contributed by atoms with Crippen molar-refractivity contribution < 1.29 is 0 Å². The predicted molar refractivity (Wildman–Crippen MR) is 101 cm³/mol. The summed E-state index contributed by atoms with van der Waals surface area (Å²) in [5.41, 5.74) is 3.66. The second kappa shape index (κ2) is 7.93. The molecule has 0 fully saturated rings. The van der Waals surface area contributed by atoms with Crippen LogP contribution < -0.4 is 4.72 Å². The van der Waals surface area contributed by atoms with Gasteiger partial charge in [-0.25, -0.2) is 4.98 Å². The van der Waals surface area contributed by atoms with Crippen molar-refractivity contribution in [1.29, 1.82) is 5.26 Å². The first-order valence-corrected chi connectivity index (χ1v) is 8.90. The molecule has 0 saturated carbocycles. The van der Waals surface area contributed by atoms with Crippen molar-refractivity contribution in [3.63, 3.8) is 0 Å². The number of aryl methyl sites for hydroxylation is 1. The molecule has 0 aliphatic carbocycles. The van der Waals surface area contributed by atoms with Gasteiger partial charge in [0.15, 0.2) is 0 Å². The molecular formula is C18H23N5S. The molecule has 2 heterocycles. The molecule has 126 valence electrons. The summed E-state index contributed by atoms with van der Waals surface area (Å²) in [5, 5.41) is 11.1. The highest BCUT2D eigenvalue weighted by Crippen LogP contribution is 2.31. The summed E-state index contributed by atoms with van der Waals surface area (Å²) in [7, 11) is 0. The largest absolute Gasteiger partial charge is 0.358 e. The summed E-state index contributed by atoms with van der Waals surface area (Å²) in [4.78, 5) is 10.8. The van der Waals surface area contributed by atoms with Gasteiger partial charge in [-0.15, -0.1) is 0 Å². The fraction of sp³-hybridized carbons (Fsp3) is 0.333. The third-order valence-electron chi connectivity index (χ3n) is 3.55. The van der Waals surface area contributed by atoms with Gasteiger partial charge in [0, 0.05) is 29.4 Å². The normalized spacial score (nSPS) is 10.4. The Hall–Kier alpha value is -2.39. The van der Waals surface area contributed by atoms with Gasteiger partial charge >= 0.3 is 0 Å². The minimum atomic E-state index is 0.377. The van der Waals surface area contributed by atoms with Crippen molar-refractivity contribution >= 4 is 28.5 Å². The number of benzene rings is 1. The molecule has 0 bridgehead atoms. The summed E-state index contributed by atoms with van der Waals surface area (Å²) in [6.07, 6.45) is 3.58. The number of aromatic amines is 2. The van der Waals surface area contributed by atoms with Crippen molar-refractivity contribution in [1.82, 2.24) is 15.0 Å². The van der Waals surface area contributed by atoms with Crippen LogP contribution in [0.2, 0.25) is 0 Å². The minimum absolute atomic E-state index is 0.377. The molecule has 0 saturated heterocycles. The van der Waals surface area contributed by atoms with Gasteiger partial charge in [0.05, 0.1) is 23.0 Å². The fourth-order valence-electron chi connectivity index (χ4n) is 2.37. The lowest BCUT2D eigenvalue weighted by Crippen LogP contribution is -1.91. The molecule has 2 aromatic heterocycles.